The summed E-state index contributed by atoms with van der Waals surface area (Å²) in [5.41, 5.74) is -0.733. The summed E-state index contributed by atoms with van der Waals surface area (Å²) in [4.78, 5) is 25.0. The maximum atomic E-state index is 13.7. The first kappa shape index (κ1) is 20.5. The Morgan fingerprint density at radius 1 is 0.935 bits per heavy atom. The molecule has 3 aromatic rings. The van der Waals surface area contributed by atoms with Crippen molar-refractivity contribution in [3.05, 3.63) is 100 Å². The van der Waals surface area contributed by atoms with Gasteiger partial charge in [-0.25, -0.2) is 8.78 Å². The molecule has 1 aliphatic rings. The van der Waals surface area contributed by atoms with Crippen LogP contribution < -0.4 is 10.6 Å². The number of carbonyl (C=O) groups excluding carboxylic acids is 2. The molecular formula is C22H13F5N2O2. The van der Waals surface area contributed by atoms with Crippen LogP contribution in [0.1, 0.15) is 43.4 Å². The van der Waals surface area contributed by atoms with Gasteiger partial charge in [0.25, 0.3) is 11.8 Å². The molecule has 0 radical (unpaired) electrons. The van der Waals surface area contributed by atoms with Gasteiger partial charge in [0, 0.05) is 22.4 Å². The molecule has 0 aromatic heterocycles. The second-order valence-electron chi connectivity index (χ2n) is 6.91. The lowest BCUT2D eigenvalue weighted by Crippen LogP contribution is -2.21. The van der Waals surface area contributed by atoms with Gasteiger partial charge < -0.3 is 10.6 Å². The van der Waals surface area contributed by atoms with Gasteiger partial charge >= 0.3 is 6.18 Å². The molecule has 0 spiro atoms. The number of amides is 2. The third-order valence-corrected chi connectivity index (χ3v) is 4.83. The molecule has 0 saturated carbocycles. The van der Waals surface area contributed by atoms with Crippen LogP contribution in [0.2, 0.25) is 0 Å². The Hall–Kier alpha value is -3.75. The first-order valence-electron chi connectivity index (χ1n) is 9.02. The average molecular weight is 432 g/mol. The van der Waals surface area contributed by atoms with E-state index in [2.05, 4.69) is 10.6 Å². The predicted octanol–water partition coefficient (Wildman–Crippen LogP) is 5.07. The third-order valence-electron chi connectivity index (χ3n) is 4.83. The number of carbonyl (C=O) groups is 2. The van der Waals surface area contributed by atoms with Crippen LogP contribution in [0.3, 0.4) is 0 Å². The fourth-order valence-electron chi connectivity index (χ4n) is 3.48. The number of alkyl halides is 3. The summed E-state index contributed by atoms with van der Waals surface area (Å²) in [5.74, 6) is -3.19. The highest BCUT2D eigenvalue weighted by molar-refractivity contribution is 6.07. The van der Waals surface area contributed by atoms with Crippen LogP contribution in [-0.4, -0.2) is 11.8 Å². The number of halogens is 5. The quantitative estimate of drug-likeness (QED) is 0.568. The smallest absolute Gasteiger partial charge is 0.341 e. The van der Waals surface area contributed by atoms with E-state index < -0.39 is 46.8 Å². The van der Waals surface area contributed by atoms with E-state index in [1.165, 1.54) is 36.4 Å². The Morgan fingerprint density at radius 2 is 1.68 bits per heavy atom. The van der Waals surface area contributed by atoms with E-state index in [0.29, 0.717) is 29.3 Å². The molecule has 158 valence electrons. The number of anilines is 1. The molecule has 2 N–H and O–H groups in total. The Balaban J connectivity index is 1.72. The lowest BCUT2D eigenvalue weighted by Gasteiger charge is -2.17. The van der Waals surface area contributed by atoms with E-state index in [4.69, 9.17) is 0 Å². The van der Waals surface area contributed by atoms with Crippen LogP contribution in [0.5, 0.6) is 0 Å². The molecule has 1 atom stereocenters. The molecule has 0 bridgehead atoms. The number of hydrogen-bond donors (Lipinski definition) is 2. The molecule has 2 amide bonds. The molecule has 0 saturated heterocycles. The van der Waals surface area contributed by atoms with Crippen LogP contribution in [-0.2, 0) is 6.18 Å². The van der Waals surface area contributed by atoms with Gasteiger partial charge in [-0.15, -0.1) is 0 Å². The Bertz CT molecular complexity index is 1210. The van der Waals surface area contributed by atoms with Gasteiger partial charge in [-0.3, -0.25) is 9.59 Å². The fourth-order valence-corrected chi connectivity index (χ4v) is 3.48. The summed E-state index contributed by atoms with van der Waals surface area (Å²) in [6, 6.07) is 10.7. The van der Waals surface area contributed by atoms with Gasteiger partial charge in [0.15, 0.2) is 0 Å². The second-order valence-corrected chi connectivity index (χ2v) is 6.91. The highest BCUT2D eigenvalue weighted by Gasteiger charge is 2.34. The molecule has 9 heteroatoms. The third kappa shape index (κ3) is 3.98. The van der Waals surface area contributed by atoms with Crippen molar-refractivity contribution in [1.29, 1.82) is 0 Å². The predicted molar refractivity (Wildman–Crippen MR) is 102 cm³/mol. The van der Waals surface area contributed by atoms with Crippen molar-refractivity contribution >= 4 is 17.5 Å². The zero-order chi connectivity index (χ0) is 22.3. The summed E-state index contributed by atoms with van der Waals surface area (Å²) in [5, 5.41) is 5.13. The minimum Gasteiger partial charge on any atom is -0.341 e. The number of hydrogen-bond acceptors (Lipinski definition) is 2. The van der Waals surface area contributed by atoms with Gasteiger partial charge in [0.1, 0.15) is 11.6 Å². The van der Waals surface area contributed by atoms with Crippen LogP contribution in [0.15, 0.2) is 60.7 Å². The second kappa shape index (κ2) is 7.50. The van der Waals surface area contributed by atoms with Gasteiger partial charge in [-0.05, 0) is 48.0 Å². The molecule has 31 heavy (non-hydrogen) atoms. The average Bonchev–Trinajstić information content (AvgIpc) is 3.05. The lowest BCUT2D eigenvalue weighted by atomic mass is 9.96. The first-order chi connectivity index (χ1) is 14.6. The summed E-state index contributed by atoms with van der Waals surface area (Å²) < 4.78 is 66.2. The van der Waals surface area contributed by atoms with Gasteiger partial charge in [0.2, 0.25) is 0 Å². The molecule has 0 aliphatic carbocycles. The highest BCUT2D eigenvalue weighted by Crippen LogP contribution is 2.37. The monoisotopic (exact) mass is 432 g/mol. The van der Waals surface area contributed by atoms with Crippen molar-refractivity contribution in [3.63, 3.8) is 0 Å². The van der Waals surface area contributed by atoms with Gasteiger partial charge in [0.05, 0.1) is 11.6 Å². The standard InChI is InChI=1S/C22H13F5N2O2/c23-14-4-1-3-11(8-14)19-18-16(21(31)29-19)5-2-6-17(18)28-20(30)12-7-13(22(25,26)27)10-15(24)9-12/h1-10,19H,(H,28,30)(H,29,31). The SMILES string of the molecule is O=C(Nc1cccc2c1C(c1cccc(F)c1)NC2=O)c1cc(F)cc(C(F)(F)F)c1. The normalized spacial score (nSPS) is 15.4. The summed E-state index contributed by atoms with van der Waals surface area (Å²) in [6.07, 6.45) is -4.83. The molecule has 4 rings (SSSR count). The van der Waals surface area contributed by atoms with Crippen LogP contribution in [0, 0.1) is 11.6 Å². The van der Waals surface area contributed by atoms with E-state index >= 15 is 0 Å². The van der Waals surface area contributed by atoms with E-state index in [1.807, 2.05) is 0 Å². The Morgan fingerprint density at radius 3 is 2.39 bits per heavy atom. The maximum Gasteiger partial charge on any atom is 0.416 e. The topological polar surface area (TPSA) is 58.2 Å². The Kier molecular flexibility index (Phi) is 4.96. The molecule has 1 heterocycles. The number of nitrogens with one attached hydrogen (secondary N) is 2. The van der Waals surface area contributed by atoms with Gasteiger partial charge in [-0.2, -0.15) is 13.2 Å². The van der Waals surface area contributed by atoms with Crippen LogP contribution >= 0.6 is 0 Å². The molecular weight excluding hydrogens is 419 g/mol. The number of fused-ring (bicyclic) bond motifs is 1. The minimum absolute atomic E-state index is 0.132. The van der Waals surface area contributed by atoms with E-state index in [0.717, 1.165) is 0 Å². The van der Waals surface area contributed by atoms with E-state index in [-0.39, 0.29) is 11.3 Å². The largest absolute Gasteiger partial charge is 0.416 e. The van der Waals surface area contributed by atoms with E-state index in [9.17, 15) is 31.5 Å². The first-order valence-corrected chi connectivity index (χ1v) is 9.02. The summed E-state index contributed by atoms with van der Waals surface area (Å²) in [6.45, 7) is 0. The van der Waals surface area contributed by atoms with Crippen molar-refractivity contribution < 1.29 is 31.5 Å². The van der Waals surface area contributed by atoms with Crippen molar-refractivity contribution in [3.8, 4) is 0 Å². The molecule has 3 aromatic carbocycles. The molecule has 4 nitrogen and oxygen atoms in total. The van der Waals surface area contributed by atoms with Crippen molar-refractivity contribution in [2.24, 2.45) is 0 Å². The zero-order valence-electron chi connectivity index (χ0n) is 15.6. The molecule has 1 unspecified atom stereocenters. The number of rotatable bonds is 3. The van der Waals surface area contributed by atoms with Crippen LogP contribution in [0.25, 0.3) is 0 Å². The Labute approximate surface area is 172 Å². The fraction of sp³-hybridized carbons (Fsp3) is 0.0909. The number of benzene rings is 3. The summed E-state index contributed by atoms with van der Waals surface area (Å²) >= 11 is 0. The van der Waals surface area contributed by atoms with Crippen molar-refractivity contribution in [2.75, 3.05) is 5.32 Å². The molecule has 0 fully saturated rings. The minimum atomic E-state index is -4.83. The van der Waals surface area contributed by atoms with Gasteiger partial charge in [-0.1, -0.05) is 18.2 Å². The zero-order valence-corrected chi connectivity index (χ0v) is 15.6. The van der Waals surface area contributed by atoms with Crippen molar-refractivity contribution in [1.82, 2.24) is 5.32 Å². The van der Waals surface area contributed by atoms with E-state index in [1.54, 1.807) is 6.07 Å². The molecule has 1 aliphatic heterocycles. The van der Waals surface area contributed by atoms with Crippen molar-refractivity contribution in [2.45, 2.75) is 12.2 Å². The lowest BCUT2D eigenvalue weighted by molar-refractivity contribution is -0.137. The summed E-state index contributed by atoms with van der Waals surface area (Å²) in [7, 11) is 0. The maximum absolute atomic E-state index is 13.7. The highest BCUT2D eigenvalue weighted by atomic mass is 19.4. The van der Waals surface area contributed by atoms with Crippen LogP contribution in [0.4, 0.5) is 27.6 Å².